The lowest BCUT2D eigenvalue weighted by Gasteiger charge is -2.59. The average Bonchev–Trinajstić information content (AvgIpc) is 3.22. The third-order valence-electron chi connectivity index (χ3n) is 7.99. The van der Waals surface area contributed by atoms with Gasteiger partial charge in [-0.05, 0) is 38.5 Å². The van der Waals surface area contributed by atoms with Crippen molar-refractivity contribution in [3.8, 4) is 0 Å². The highest BCUT2D eigenvalue weighted by molar-refractivity contribution is 8.78. The van der Waals surface area contributed by atoms with E-state index in [9.17, 15) is 30.0 Å². The van der Waals surface area contributed by atoms with Gasteiger partial charge in [-0.2, -0.15) is 0 Å². The fraction of sp³-hybridized carbons (Fsp3) is 0.889. The molecule has 2 spiro atoms. The van der Waals surface area contributed by atoms with E-state index < -0.39 is 46.2 Å². The summed E-state index contributed by atoms with van der Waals surface area (Å²) in [5.41, 5.74) is 0. The zero-order valence-corrected chi connectivity index (χ0v) is 16.8. The van der Waals surface area contributed by atoms with Crippen LogP contribution < -0.4 is 0 Å². The van der Waals surface area contributed by atoms with Crippen LogP contribution >= 0.6 is 21.6 Å². The van der Waals surface area contributed by atoms with Gasteiger partial charge in [-0.15, -0.1) is 0 Å². The van der Waals surface area contributed by atoms with Gasteiger partial charge in [-0.25, -0.2) is 0 Å². The number of carbonyl (C=O) groups is 2. The summed E-state index contributed by atoms with van der Waals surface area (Å²) in [4.78, 5) is 28.5. The predicted octanol–water partition coefficient (Wildman–Crippen LogP) is -0.747. The number of rotatable bonds is 0. The van der Waals surface area contributed by atoms with Crippen LogP contribution in [-0.2, 0) is 9.59 Å². The number of hydrogen-bond donors (Lipinski definition) is 4. The van der Waals surface area contributed by atoms with Gasteiger partial charge in [-0.1, -0.05) is 21.6 Å². The molecule has 10 atom stereocenters. The van der Waals surface area contributed by atoms with E-state index in [0.717, 1.165) is 0 Å². The first-order valence-corrected chi connectivity index (χ1v) is 12.2. The van der Waals surface area contributed by atoms with Gasteiger partial charge in [0.05, 0.1) is 36.5 Å². The molecule has 8 nitrogen and oxygen atoms in total. The molecule has 0 aromatic carbocycles. The Morgan fingerprint density at radius 3 is 1.43 bits per heavy atom. The third-order valence-corrected chi connectivity index (χ3v) is 11.6. The van der Waals surface area contributed by atoms with E-state index in [4.69, 9.17) is 0 Å². The molecular formula is C18H24N2O6S2. The highest BCUT2D eigenvalue weighted by atomic mass is 33.1. The quantitative estimate of drug-likeness (QED) is 0.372. The lowest BCUT2D eigenvalue weighted by Crippen LogP contribution is -2.77. The molecule has 2 amide bonds. The number of aliphatic hydroxyl groups excluding tert-OH is 4. The number of piperazine rings is 1. The summed E-state index contributed by atoms with van der Waals surface area (Å²) >= 11 is 0. The molecule has 2 bridgehead atoms. The minimum Gasteiger partial charge on any atom is -0.393 e. The topological polar surface area (TPSA) is 122 Å². The van der Waals surface area contributed by atoms with Crippen LogP contribution in [0.4, 0.5) is 0 Å². The van der Waals surface area contributed by atoms with Gasteiger partial charge in [0.1, 0.15) is 0 Å². The van der Waals surface area contributed by atoms with Crippen LogP contribution in [0.5, 0.6) is 0 Å². The summed E-state index contributed by atoms with van der Waals surface area (Å²) in [6, 6.07) is -1.10. The lowest BCUT2D eigenvalue weighted by molar-refractivity contribution is -0.172. The molecule has 1 unspecified atom stereocenters. The Morgan fingerprint density at radius 2 is 1.04 bits per heavy atom. The number of aliphatic hydroxyl groups is 4. The molecule has 7 fully saturated rings. The summed E-state index contributed by atoms with van der Waals surface area (Å²) in [6.45, 7) is 0. The van der Waals surface area contributed by atoms with Gasteiger partial charge in [0, 0.05) is 11.8 Å². The van der Waals surface area contributed by atoms with Crippen molar-refractivity contribution in [1.82, 2.24) is 9.80 Å². The van der Waals surface area contributed by atoms with E-state index in [2.05, 4.69) is 0 Å². The summed E-state index contributed by atoms with van der Waals surface area (Å²) in [7, 11) is 2.75. The Labute approximate surface area is 170 Å². The largest absolute Gasteiger partial charge is 0.393 e. The molecule has 5 aliphatic heterocycles. The van der Waals surface area contributed by atoms with Crippen molar-refractivity contribution < 1.29 is 30.0 Å². The van der Waals surface area contributed by atoms with E-state index in [1.54, 1.807) is 9.80 Å². The van der Waals surface area contributed by atoms with Crippen molar-refractivity contribution >= 4 is 33.4 Å². The fourth-order valence-corrected chi connectivity index (χ4v) is 10.6. The number of nitrogens with zero attached hydrogens (tertiary/aromatic N) is 2. The Bertz CT molecular complexity index is 708. The van der Waals surface area contributed by atoms with E-state index in [0.29, 0.717) is 38.5 Å². The number of amides is 2. The minimum absolute atomic E-state index is 0.203. The second-order valence-corrected chi connectivity index (χ2v) is 11.9. The van der Waals surface area contributed by atoms with Crippen LogP contribution in [-0.4, -0.2) is 88.3 Å². The van der Waals surface area contributed by atoms with E-state index in [1.807, 2.05) is 0 Å². The van der Waals surface area contributed by atoms with Crippen LogP contribution in [0.25, 0.3) is 0 Å². The van der Waals surface area contributed by atoms with Crippen molar-refractivity contribution in [3.63, 3.8) is 0 Å². The maximum Gasteiger partial charge on any atom is 0.261 e. The lowest BCUT2D eigenvalue weighted by atomic mass is 9.79. The third kappa shape index (κ3) is 1.87. The molecule has 5 saturated heterocycles. The number of carbonyl (C=O) groups excluding carboxylic acids is 2. The van der Waals surface area contributed by atoms with Crippen LogP contribution in [0.3, 0.4) is 0 Å². The van der Waals surface area contributed by atoms with Crippen LogP contribution in [0.2, 0.25) is 0 Å². The van der Waals surface area contributed by atoms with E-state index in [-0.39, 0.29) is 23.7 Å². The number of fused-ring (bicyclic) bond motifs is 3. The van der Waals surface area contributed by atoms with Gasteiger partial charge in [-0.3, -0.25) is 9.59 Å². The van der Waals surface area contributed by atoms with Crippen molar-refractivity contribution in [1.29, 1.82) is 0 Å². The van der Waals surface area contributed by atoms with Crippen molar-refractivity contribution in [2.24, 2.45) is 11.8 Å². The normalized spacial score (nSPS) is 57.1. The molecule has 154 valence electrons. The van der Waals surface area contributed by atoms with Crippen molar-refractivity contribution in [2.75, 3.05) is 0 Å². The predicted molar refractivity (Wildman–Crippen MR) is 101 cm³/mol. The first-order chi connectivity index (χ1) is 13.3. The Balaban J connectivity index is 1.49. The highest BCUT2D eigenvalue weighted by Gasteiger charge is 2.79. The highest BCUT2D eigenvalue weighted by Crippen LogP contribution is 2.70. The summed E-state index contributed by atoms with van der Waals surface area (Å²) in [6.07, 6.45) is -0.379. The first-order valence-electron chi connectivity index (χ1n) is 10.1. The SMILES string of the molecule is O=C1N2[C@H]3[C@H](C[C@]24SS[C@]12C[C@H]1[C@@H]([C@@H](O)CC[C@@H]1O)N2C4=O)C(O)CC[C@@H]3O. The van der Waals surface area contributed by atoms with Gasteiger partial charge < -0.3 is 30.2 Å². The molecule has 5 heterocycles. The number of hydrogen-bond acceptors (Lipinski definition) is 8. The summed E-state index contributed by atoms with van der Waals surface area (Å²) in [5.74, 6) is -1.05. The zero-order valence-electron chi connectivity index (χ0n) is 15.2. The second-order valence-electron chi connectivity index (χ2n) is 9.23. The smallest absolute Gasteiger partial charge is 0.261 e. The molecule has 0 radical (unpaired) electrons. The van der Waals surface area contributed by atoms with Crippen LogP contribution in [0, 0.1) is 11.8 Å². The molecular weight excluding hydrogens is 404 g/mol. The minimum atomic E-state index is -1.14. The zero-order chi connectivity index (χ0) is 19.6. The van der Waals surface area contributed by atoms with Gasteiger partial charge in [0.15, 0.2) is 9.74 Å². The Hall–Kier alpha value is -0.520. The van der Waals surface area contributed by atoms with E-state index in [1.165, 1.54) is 21.6 Å². The molecule has 2 aliphatic carbocycles. The Morgan fingerprint density at radius 1 is 0.679 bits per heavy atom. The van der Waals surface area contributed by atoms with Crippen molar-refractivity contribution in [3.05, 3.63) is 0 Å². The van der Waals surface area contributed by atoms with Gasteiger partial charge >= 0.3 is 0 Å². The van der Waals surface area contributed by atoms with Crippen LogP contribution in [0.15, 0.2) is 0 Å². The summed E-state index contributed by atoms with van der Waals surface area (Å²) < 4.78 is 0. The average molecular weight is 429 g/mol. The maximum atomic E-state index is 13.8. The molecule has 2 saturated carbocycles. The van der Waals surface area contributed by atoms with Crippen molar-refractivity contribution in [2.45, 2.75) is 84.8 Å². The van der Waals surface area contributed by atoms with Crippen LogP contribution in [0.1, 0.15) is 38.5 Å². The first kappa shape index (κ1) is 18.3. The van der Waals surface area contributed by atoms with E-state index >= 15 is 0 Å². The second kappa shape index (κ2) is 5.59. The molecule has 4 N–H and O–H groups in total. The standard InChI is InChI=1S/C18H24N2O6S2/c21-9-1-3-11(23)13-7(9)5-17-15(25)20-14-8(10(22)2-4-12(14)24)6-18(20,28-27-17)16(26)19(13)17/h7-14,21-24H,1-6H2/t7-,8-,9+,10?,11+,12+,13+,14+,17-,18-/m1/s1. The summed E-state index contributed by atoms with van der Waals surface area (Å²) in [5, 5.41) is 42.4. The fourth-order valence-electron chi connectivity index (χ4n) is 6.75. The molecule has 0 aromatic heterocycles. The maximum absolute atomic E-state index is 13.8. The molecule has 0 aromatic rings. The van der Waals surface area contributed by atoms with Gasteiger partial charge in [0.2, 0.25) is 0 Å². The molecule has 28 heavy (non-hydrogen) atoms. The van der Waals surface area contributed by atoms with Gasteiger partial charge in [0.25, 0.3) is 11.8 Å². The molecule has 7 aliphatic rings. The Kier molecular flexibility index (Phi) is 3.64. The molecule has 7 rings (SSSR count). The monoisotopic (exact) mass is 428 g/mol. The molecule has 10 heteroatoms.